The molecule has 0 spiro atoms. The number of nitrogens with zero attached hydrogens (tertiary/aromatic N) is 3. The largest absolute Gasteiger partial charge is 0.476 e. The highest BCUT2D eigenvalue weighted by molar-refractivity contribution is 6.31. The third kappa shape index (κ3) is 3.54. The van der Waals surface area contributed by atoms with Crippen LogP contribution < -0.4 is 5.32 Å². The Morgan fingerprint density at radius 3 is 2.86 bits per heavy atom. The highest BCUT2D eigenvalue weighted by Crippen LogP contribution is 2.17. The Bertz CT molecular complexity index is 689. The maximum absolute atomic E-state index is 13.6. The minimum atomic E-state index is -1.19. The van der Waals surface area contributed by atoms with Gasteiger partial charge in [-0.1, -0.05) is 22.9 Å². The van der Waals surface area contributed by atoms with Gasteiger partial charge in [0, 0.05) is 6.54 Å². The fourth-order valence-electron chi connectivity index (χ4n) is 1.56. The van der Waals surface area contributed by atoms with E-state index < -0.39 is 17.7 Å². The molecule has 2 rings (SSSR count). The normalized spacial score (nSPS) is 10.4. The molecular weight excluding hydrogens is 303 g/mol. The number of carbonyl (C=O) groups is 2. The third-order valence-electron chi connectivity index (χ3n) is 2.58. The SMILES string of the molecule is O=C(O)c1cn(CCNC(=O)c2cccc(Cl)c2F)nn1. The molecular formula is C12H10ClFN4O3. The second kappa shape index (κ2) is 6.31. The summed E-state index contributed by atoms with van der Waals surface area (Å²) in [6.45, 7) is 0.335. The summed E-state index contributed by atoms with van der Waals surface area (Å²) in [4.78, 5) is 22.4. The van der Waals surface area contributed by atoms with Crippen molar-refractivity contribution in [2.24, 2.45) is 0 Å². The van der Waals surface area contributed by atoms with E-state index in [4.69, 9.17) is 16.7 Å². The maximum Gasteiger partial charge on any atom is 0.358 e. The molecule has 0 saturated carbocycles. The lowest BCUT2D eigenvalue weighted by Crippen LogP contribution is -2.28. The average Bonchev–Trinajstić information content (AvgIpc) is 2.91. The second-order valence-electron chi connectivity index (χ2n) is 4.03. The molecule has 1 aromatic carbocycles. The van der Waals surface area contributed by atoms with Crippen molar-refractivity contribution >= 4 is 23.5 Å². The van der Waals surface area contributed by atoms with E-state index in [1.165, 1.54) is 29.1 Å². The summed E-state index contributed by atoms with van der Waals surface area (Å²) < 4.78 is 14.9. The fraction of sp³-hybridized carbons (Fsp3) is 0.167. The molecule has 1 amide bonds. The zero-order chi connectivity index (χ0) is 15.4. The highest BCUT2D eigenvalue weighted by Gasteiger charge is 2.14. The first-order valence-corrected chi connectivity index (χ1v) is 6.22. The van der Waals surface area contributed by atoms with Gasteiger partial charge in [0.1, 0.15) is 0 Å². The molecule has 0 unspecified atom stereocenters. The number of nitrogens with one attached hydrogen (secondary N) is 1. The van der Waals surface area contributed by atoms with Gasteiger partial charge in [-0.05, 0) is 12.1 Å². The summed E-state index contributed by atoms with van der Waals surface area (Å²) in [5.41, 5.74) is -0.352. The van der Waals surface area contributed by atoms with Crippen LogP contribution in [0.2, 0.25) is 5.02 Å². The van der Waals surface area contributed by atoms with E-state index in [9.17, 15) is 14.0 Å². The number of halogens is 2. The number of hydrogen-bond donors (Lipinski definition) is 2. The molecule has 1 heterocycles. The fourth-order valence-corrected chi connectivity index (χ4v) is 1.74. The maximum atomic E-state index is 13.6. The van der Waals surface area contributed by atoms with Crippen molar-refractivity contribution in [3.05, 3.63) is 46.5 Å². The first-order valence-electron chi connectivity index (χ1n) is 5.84. The number of aromatic nitrogens is 3. The summed E-state index contributed by atoms with van der Waals surface area (Å²) in [5.74, 6) is -2.59. The molecule has 2 aromatic rings. The van der Waals surface area contributed by atoms with Crippen LogP contribution in [0.3, 0.4) is 0 Å². The molecule has 21 heavy (non-hydrogen) atoms. The van der Waals surface area contributed by atoms with Crippen LogP contribution in [-0.4, -0.2) is 38.5 Å². The molecule has 0 radical (unpaired) electrons. The first-order chi connectivity index (χ1) is 9.99. The predicted octanol–water partition coefficient (Wildman–Crippen LogP) is 1.20. The van der Waals surface area contributed by atoms with E-state index >= 15 is 0 Å². The molecule has 0 aliphatic rings. The van der Waals surface area contributed by atoms with Crippen LogP contribution in [0.1, 0.15) is 20.8 Å². The minimum Gasteiger partial charge on any atom is -0.476 e. The standard InChI is InChI=1S/C12H10ClFN4O3/c13-8-3-1-2-7(10(8)14)11(19)15-4-5-18-6-9(12(20)21)16-17-18/h1-3,6H,4-5H2,(H,15,19)(H,20,21). The van der Waals surface area contributed by atoms with Crippen LogP contribution in [0.5, 0.6) is 0 Å². The van der Waals surface area contributed by atoms with Crippen molar-refractivity contribution in [2.75, 3.05) is 6.54 Å². The summed E-state index contributed by atoms with van der Waals surface area (Å²) in [6.07, 6.45) is 1.23. The summed E-state index contributed by atoms with van der Waals surface area (Å²) in [7, 11) is 0. The molecule has 0 fully saturated rings. The second-order valence-corrected chi connectivity index (χ2v) is 4.44. The van der Waals surface area contributed by atoms with E-state index in [1.54, 1.807) is 0 Å². The van der Waals surface area contributed by atoms with Gasteiger partial charge in [0.25, 0.3) is 5.91 Å². The zero-order valence-corrected chi connectivity index (χ0v) is 11.3. The summed E-state index contributed by atoms with van der Waals surface area (Å²) in [5, 5.41) is 18.0. The molecule has 2 N–H and O–H groups in total. The highest BCUT2D eigenvalue weighted by atomic mass is 35.5. The lowest BCUT2D eigenvalue weighted by atomic mass is 10.2. The number of benzene rings is 1. The number of carboxylic acid groups (broad SMARTS) is 1. The monoisotopic (exact) mass is 312 g/mol. The summed E-state index contributed by atoms with van der Waals surface area (Å²) in [6, 6.07) is 4.13. The number of hydrogen-bond acceptors (Lipinski definition) is 4. The first kappa shape index (κ1) is 14.9. The van der Waals surface area contributed by atoms with E-state index in [2.05, 4.69) is 15.6 Å². The lowest BCUT2D eigenvalue weighted by Gasteiger charge is -2.06. The van der Waals surface area contributed by atoms with Crippen LogP contribution in [0.15, 0.2) is 24.4 Å². The number of amides is 1. The Balaban J connectivity index is 1.92. The van der Waals surface area contributed by atoms with Gasteiger partial charge in [-0.3, -0.25) is 4.79 Å². The van der Waals surface area contributed by atoms with Gasteiger partial charge >= 0.3 is 5.97 Å². The van der Waals surface area contributed by atoms with Crippen molar-refractivity contribution in [1.29, 1.82) is 0 Å². The van der Waals surface area contributed by atoms with Gasteiger partial charge in [0.2, 0.25) is 0 Å². The Labute approximate surface area is 123 Å². The van der Waals surface area contributed by atoms with Gasteiger partial charge in [-0.25, -0.2) is 13.9 Å². The van der Waals surface area contributed by atoms with Crippen molar-refractivity contribution in [1.82, 2.24) is 20.3 Å². The third-order valence-corrected chi connectivity index (χ3v) is 2.87. The van der Waals surface area contributed by atoms with Gasteiger partial charge in [-0.2, -0.15) is 0 Å². The smallest absolute Gasteiger partial charge is 0.358 e. The molecule has 1 aromatic heterocycles. The van der Waals surface area contributed by atoms with Gasteiger partial charge in [0.15, 0.2) is 11.5 Å². The molecule has 0 bridgehead atoms. The Morgan fingerprint density at radius 1 is 1.43 bits per heavy atom. The Hall–Kier alpha value is -2.48. The number of rotatable bonds is 5. The number of aromatic carboxylic acids is 1. The molecule has 0 aliphatic carbocycles. The zero-order valence-electron chi connectivity index (χ0n) is 10.6. The van der Waals surface area contributed by atoms with Gasteiger partial charge < -0.3 is 10.4 Å². The Morgan fingerprint density at radius 2 is 2.19 bits per heavy atom. The topological polar surface area (TPSA) is 97.1 Å². The van der Waals surface area contributed by atoms with Crippen LogP contribution in [0.25, 0.3) is 0 Å². The van der Waals surface area contributed by atoms with E-state index in [-0.39, 0.29) is 29.4 Å². The molecule has 0 aliphatic heterocycles. The van der Waals surface area contributed by atoms with Crippen LogP contribution in [0.4, 0.5) is 4.39 Å². The predicted molar refractivity (Wildman–Crippen MR) is 70.7 cm³/mol. The number of carbonyl (C=O) groups excluding carboxylic acids is 1. The van der Waals surface area contributed by atoms with E-state index in [1.807, 2.05) is 0 Å². The minimum absolute atomic E-state index is 0.132. The average molecular weight is 313 g/mol. The quantitative estimate of drug-likeness (QED) is 0.864. The lowest BCUT2D eigenvalue weighted by molar-refractivity contribution is 0.0690. The van der Waals surface area contributed by atoms with Gasteiger partial charge in [-0.15, -0.1) is 5.10 Å². The van der Waals surface area contributed by atoms with Crippen molar-refractivity contribution in [3.63, 3.8) is 0 Å². The van der Waals surface area contributed by atoms with Crippen molar-refractivity contribution in [3.8, 4) is 0 Å². The van der Waals surface area contributed by atoms with Crippen molar-refractivity contribution in [2.45, 2.75) is 6.54 Å². The molecule has 0 atom stereocenters. The molecule has 110 valence electrons. The van der Waals surface area contributed by atoms with E-state index in [0.717, 1.165) is 0 Å². The van der Waals surface area contributed by atoms with Crippen LogP contribution in [0, 0.1) is 5.82 Å². The van der Waals surface area contributed by atoms with Gasteiger partial charge in [0.05, 0.1) is 23.3 Å². The summed E-state index contributed by atoms with van der Waals surface area (Å²) >= 11 is 5.59. The van der Waals surface area contributed by atoms with Crippen molar-refractivity contribution < 1.29 is 19.1 Å². The Kier molecular flexibility index (Phi) is 4.49. The molecule has 7 nitrogen and oxygen atoms in total. The molecule has 0 saturated heterocycles. The van der Waals surface area contributed by atoms with Crippen LogP contribution >= 0.6 is 11.6 Å². The number of carboxylic acids is 1. The molecule has 9 heteroatoms. The van der Waals surface area contributed by atoms with Crippen LogP contribution in [-0.2, 0) is 6.54 Å². The van der Waals surface area contributed by atoms with E-state index in [0.29, 0.717) is 0 Å².